The molecule has 0 spiro atoms. The molecule has 0 saturated carbocycles. The number of nitrogens with one attached hydrogen (secondary N) is 1. The van der Waals surface area contributed by atoms with Crippen LogP contribution >= 0.6 is 0 Å². The van der Waals surface area contributed by atoms with Crippen molar-refractivity contribution in [1.82, 2.24) is 0 Å². The van der Waals surface area contributed by atoms with Crippen LogP contribution in [0.5, 0.6) is 0 Å². The van der Waals surface area contributed by atoms with E-state index in [4.69, 9.17) is 0 Å². The van der Waals surface area contributed by atoms with Crippen molar-refractivity contribution in [2.24, 2.45) is 5.10 Å². The van der Waals surface area contributed by atoms with Crippen molar-refractivity contribution in [3.8, 4) is 0 Å². The molecule has 0 unspecified atom stereocenters. The summed E-state index contributed by atoms with van der Waals surface area (Å²) in [5, 5.41) is 4.75. The predicted molar refractivity (Wildman–Crippen MR) is 79.2 cm³/mol. The predicted octanol–water partition coefficient (Wildman–Crippen LogP) is 1.67. The van der Waals surface area contributed by atoms with Gasteiger partial charge in [-0.15, -0.1) is 0 Å². The fraction of sp³-hybridized carbons (Fsp3) is 0.0625. The lowest BCUT2D eigenvalue weighted by atomic mass is 10.2. The Bertz CT molecular complexity index is 885. The highest BCUT2D eigenvalue weighted by Gasteiger charge is 2.09. The molecule has 3 rings (SSSR count). The van der Waals surface area contributed by atoms with Crippen LogP contribution < -0.4 is 21.6 Å². The number of aryl methyl sites for hydroxylation is 1. The first kappa shape index (κ1) is 12.3. The van der Waals surface area contributed by atoms with Gasteiger partial charge in [0.2, 0.25) is 10.9 Å². The van der Waals surface area contributed by atoms with Crippen LogP contribution in [0.4, 0.5) is 5.69 Å². The molecule has 0 aromatic heterocycles. The SMILES string of the molecule is Cc1cccc(NN=c2c(=O)c3ccccc3c2=O)c1. The van der Waals surface area contributed by atoms with Crippen molar-refractivity contribution in [3.63, 3.8) is 0 Å². The van der Waals surface area contributed by atoms with Crippen molar-refractivity contribution in [1.29, 1.82) is 0 Å². The number of benzene rings is 2. The average molecular weight is 264 g/mol. The number of rotatable bonds is 2. The van der Waals surface area contributed by atoms with Gasteiger partial charge >= 0.3 is 0 Å². The minimum Gasteiger partial charge on any atom is -0.287 e. The molecule has 4 heteroatoms. The van der Waals surface area contributed by atoms with Gasteiger partial charge in [0.15, 0.2) is 5.36 Å². The van der Waals surface area contributed by atoms with Gasteiger partial charge in [-0.25, -0.2) is 0 Å². The Labute approximate surface area is 114 Å². The van der Waals surface area contributed by atoms with Crippen LogP contribution in [-0.2, 0) is 0 Å². The summed E-state index contributed by atoms with van der Waals surface area (Å²) in [6.45, 7) is 1.96. The summed E-state index contributed by atoms with van der Waals surface area (Å²) in [6, 6.07) is 14.3. The molecule has 4 nitrogen and oxygen atoms in total. The van der Waals surface area contributed by atoms with E-state index in [2.05, 4.69) is 10.5 Å². The van der Waals surface area contributed by atoms with Gasteiger partial charge in [-0.1, -0.05) is 36.4 Å². The maximum Gasteiger partial charge on any atom is 0.217 e. The highest BCUT2D eigenvalue weighted by Crippen LogP contribution is 2.08. The van der Waals surface area contributed by atoms with Gasteiger partial charge in [0.1, 0.15) is 0 Å². The molecule has 98 valence electrons. The van der Waals surface area contributed by atoms with E-state index in [1.807, 2.05) is 31.2 Å². The van der Waals surface area contributed by atoms with E-state index in [0.717, 1.165) is 11.3 Å². The Morgan fingerprint density at radius 1 is 0.900 bits per heavy atom. The molecular weight excluding hydrogens is 252 g/mol. The molecule has 0 amide bonds. The summed E-state index contributed by atoms with van der Waals surface area (Å²) in [4.78, 5) is 24.2. The largest absolute Gasteiger partial charge is 0.287 e. The number of nitrogens with zero attached hydrogens (tertiary/aromatic N) is 1. The molecule has 0 radical (unpaired) electrons. The monoisotopic (exact) mass is 264 g/mol. The molecule has 3 aromatic carbocycles. The number of hydrogen-bond acceptors (Lipinski definition) is 4. The lowest BCUT2D eigenvalue weighted by Crippen LogP contribution is -2.32. The van der Waals surface area contributed by atoms with E-state index in [1.54, 1.807) is 24.3 Å². The fourth-order valence-electron chi connectivity index (χ4n) is 2.17. The standard InChI is InChI=1S/C16H12N2O2/c1-10-5-4-6-11(9-10)17-18-14-15(19)12-7-2-3-8-13(12)16(14)20/h2-9,17H,1H3. The van der Waals surface area contributed by atoms with Gasteiger partial charge in [0, 0.05) is 10.8 Å². The van der Waals surface area contributed by atoms with Crippen molar-refractivity contribution >= 4 is 16.5 Å². The number of hydrogen-bond donors (Lipinski definition) is 1. The second kappa shape index (κ2) is 4.74. The third-order valence-corrected chi connectivity index (χ3v) is 3.16. The molecule has 0 aliphatic rings. The molecule has 1 N–H and O–H groups in total. The van der Waals surface area contributed by atoms with Crippen LogP contribution in [0.2, 0.25) is 0 Å². The minimum absolute atomic E-state index is 0.0623. The first-order valence-corrected chi connectivity index (χ1v) is 6.25. The van der Waals surface area contributed by atoms with Gasteiger partial charge in [0.25, 0.3) is 0 Å². The highest BCUT2D eigenvalue weighted by atomic mass is 16.1. The van der Waals surface area contributed by atoms with Crippen LogP contribution in [0.3, 0.4) is 0 Å². The second-order valence-corrected chi connectivity index (χ2v) is 4.65. The second-order valence-electron chi connectivity index (χ2n) is 4.65. The van der Waals surface area contributed by atoms with E-state index in [-0.39, 0.29) is 16.2 Å². The van der Waals surface area contributed by atoms with E-state index in [0.29, 0.717) is 10.8 Å². The lowest BCUT2D eigenvalue weighted by Gasteiger charge is -1.99. The van der Waals surface area contributed by atoms with Gasteiger partial charge in [-0.3, -0.25) is 15.0 Å². The molecule has 0 saturated heterocycles. The summed E-state index contributed by atoms with van der Waals surface area (Å²) in [6.07, 6.45) is 0. The summed E-state index contributed by atoms with van der Waals surface area (Å²) in [7, 11) is 0. The maximum atomic E-state index is 12.1. The normalized spacial score (nSPS) is 10.7. The minimum atomic E-state index is -0.328. The smallest absolute Gasteiger partial charge is 0.217 e. The van der Waals surface area contributed by atoms with E-state index in [1.165, 1.54) is 0 Å². The van der Waals surface area contributed by atoms with Crippen molar-refractivity contribution in [2.75, 3.05) is 5.43 Å². The topological polar surface area (TPSA) is 58.5 Å². The highest BCUT2D eigenvalue weighted by molar-refractivity contribution is 5.83. The van der Waals surface area contributed by atoms with Crippen LogP contribution in [0.1, 0.15) is 5.56 Å². The molecule has 20 heavy (non-hydrogen) atoms. The van der Waals surface area contributed by atoms with E-state index >= 15 is 0 Å². The molecule has 0 bridgehead atoms. The molecule has 3 aromatic rings. The van der Waals surface area contributed by atoms with Crippen LogP contribution in [0, 0.1) is 6.92 Å². The van der Waals surface area contributed by atoms with Crippen molar-refractivity contribution < 1.29 is 0 Å². The zero-order chi connectivity index (χ0) is 14.1. The zero-order valence-electron chi connectivity index (χ0n) is 10.9. The number of anilines is 1. The van der Waals surface area contributed by atoms with Gasteiger partial charge in [-0.2, -0.15) is 5.10 Å². The first-order valence-electron chi connectivity index (χ1n) is 6.25. The summed E-state index contributed by atoms with van der Waals surface area (Å²) >= 11 is 0. The van der Waals surface area contributed by atoms with Gasteiger partial charge < -0.3 is 0 Å². The molecule has 0 aliphatic carbocycles. The first-order chi connectivity index (χ1) is 9.66. The Hall–Kier alpha value is -2.75. The number of fused-ring (bicyclic) bond motifs is 1. The Kier molecular flexibility index (Phi) is 2.91. The van der Waals surface area contributed by atoms with Crippen LogP contribution in [0.25, 0.3) is 10.8 Å². The van der Waals surface area contributed by atoms with Crippen molar-refractivity contribution in [3.05, 3.63) is 79.9 Å². The fourth-order valence-corrected chi connectivity index (χ4v) is 2.17. The maximum absolute atomic E-state index is 12.1. The molecule has 0 fully saturated rings. The lowest BCUT2D eigenvalue weighted by molar-refractivity contribution is 1.19. The van der Waals surface area contributed by atoms with Crippen molar-refractivity contribution in [2.45, 2.75) is 6.92 Å². The summed E-state index contributed by atoms with van der Waals surface area (Å²) < 4.78 is 0. The average Bonchev–Trinajstić information content (AvgIpc) is 2.70. The third kappa shape index (κ3) is 2.01. The Morgan fingerprint density at radius 3 is 2.15 bits per heavy atom. The molecular formula is C16H12N2O2. The summed E-state index contributed by atoms with van der Waals surface area (Å²) in [5.41, 5.74) is 3.93. The molecule has 0 aliphatic heterocycles. The Balaban J connectivity index is 2.13. The molecule has 0 heterocycles. The zero-order valence-corrected chi connectivity index (χ0v) is 10.9. The van der Waals surface area contributed by atoms with E-state index < -0.39 is 0 Å². The van der Waals surface area contributed by atoms with Gasteiger partial charge in [0.05, 0.1) is 5.69 Å². The Morgan fingerprint density at radius 2 is 1.55 bits per heavy atom. The summed E-state index contributed by atoms with van der Waals surface area (Å²) in [5.74, 6) is 0. The van der Waals surface area contributed by atoms with E-state index in [9.17, 15) is 9.59 Å². The van der Waals surface area contributed by atoms with Gasteiger partial charge in [-0.05, 0) is 24.6 Å². The van der Waals surface area contributed by atoms with Crippen LogP contribution in [-0.4, -0.2) is 0 Å². The van der Waals surface area contributed by atoms with Crippen LogP contribution in [0.15, 0.2) is 63.2 Å². The molecule has 0 atom stereocenters. The quantitative estimate of drug-likeness (QED) is 0.716. The third-order valence-electron chi connectivity index (χ3n) is 3.16.